The Morgan fingerprint density at radius 1 is 1.16 bits per heavy atom. The van der Waals surface area contributed by atoms with Crippen molar-refractivity contribution in [2.75, 3.05) is 37.6 Å². The van der Waals surface area contributed by atoms with E-state index >= 15 is 0 Å². The molecule has 2 aromatic heterocycles. The van der Waals surface area contributed by atoms with Crippen LogP contribution < -0.4 is 10.2 Å². The van der Waals surface area contributed by atoms with E-state index in [9.17, 15) is 4.79 Å². The highest BCUT2D eigenvalue weighted by Gasteiger charge is 2.25. The molecule has 1 amide bonds. The lowest BCUT2D eigenvalue weighted by atomic mass is 9.87. The van der Waals surface area contributed by atoms with Crippen LogP contribution in [0.25, 0.3) is 11.4 Å². The maximum Gasteiger partial charge on any atom is 0.234 e. The molecule has 1 aliphatic carbocycles. The van der Waals surface area contributed by atoms with Crippen LogP contribution in [-0.4, -0.2) is 64.5 Å². The van der Waals surface area contributed by atoms with Gasteiger partial charge in [0.25, 0.3) is 0 Å². The first-order chi connectivity index (χ1) is 15.0. The summed E-state index contributed by atoms with van der Waals surface area (Å²) in [6, 6.07) is 4.26. The van der Waals surface area contributed by atoms with E-state index in [0.717, 1.165) is 73.4 Å². The molecule has 2 aromatic rings. The lowest BCUT2D eigenvalue weighted by molar-refractivity contribution is -0.123. The molecule has 0 aromatic carbocycles. The maximum absolute atomic E-state index is 12.5. The number of carbonyl (C=O) groups is 1. The Morgan fingerprint density at radius 2 is 1.97 bits per heavy atom. The Labute approximate surface area is 185 Å². The molecule has 1 aliphatic heterocycles. The molecule has 1 saturated carbocycles. The average molecular weight is 423 g/mol. The standard InChI is InChI=1S/C24H34N6O/c1-17-6-4-8-21(14-17)27-22(31)16-29-10-12-30(13-11-29)24-18(2)19(3)26-23(28-24)20-7-5-9-25-15-20/h5,7,9,15,17,21H,4,6,8,10-14,16H2,1-3H3,(H,27,31). The van der Waals surface area contributed by atoms with Gasteiger partial charge in [0, 0.05) is 61.4 Å². The third kappa shape index (κ3) is 5.39. The fraction of sp³-hybridized carbons (Fsp3) is 0.583. The summed E-state index contributed by atoms with van der Waals surface area (Å²) in [5, 5.41) is 3.26. The van der Waals surface area contributed by atoms with Crippen LogP contribution in [0.2, 0.25) is 0 Å². The van der Waals surface area contributed by atoms with Crippen molar-refractivity contribution in [2.24, 2.45) is 5.92 Å². The molecule has 7 heteroatoms. The van der Waals surface area contributed by atoms with Crippen LogP contribution in [0.4, 0.5) is 5.82 Å². The van der Waals surface area contributed by atoms with E-state index in [0.29, 0.717) is 12.6 Å². The minimum absolute atomic E-state index is 0.167. The first kappa shape index (κ1) is 21.7. The van der Waals surface area contributed by atoms with Gasteiger partial charge in [-0.2, -0.15) is 0 Å². The number of pyridine rings is 1. The molecule has 1 saturated heterocycles. The molecule has 3 heterocycles. The van der Waals surface area contributed by atoms with Gasteiger partial charge in [0.1, 0.15) is 5.82 Å². The van der Waals surface area contributed by atoms with E-state index in [2.05, 4.69) is 38.9 Å². The van der Waals surface area contributed by atoms with Crippen molar-refractivity contribution in [2.45, 2.75) is 52.5 Å². The molecule has 2 aliphatic rings. The fourth-order valence-corrected chi connectivity index (χ4v) is 4.71. The zero-order valence-corrected chi connectivity index (χ0v) is 19.0. The van der Waals surface area contributed by atoms with Crippen molar-refractivity contribution in [3.8, 4) is 11.4 Å². The highest BCUT2D eigenvalue weighted by molar-refractivity contribution is 5.78. The number of aryl methyl sites for hydroxylation is 1. The van der Waals surface area contributed by atoms with Crippen LogP contribution in [0, 0.1) is 19.8 Å². The van der Waals surface area contributed by atoms with Crippen molar-refractivity contribution < 1.29 is 4.79 Å². The predicted molar refractivity (Wildman–Crippen MR) is 123 cm³/mol. The van der Waals surface area contributed by atoms with E-state index in [4.69, 9.17) is 4.98 Å². The first-order valence-electron chi connectivity index (χ1n) is 11.5. The molecule has 166 valence electrons. The molecule has 2 unspecified atom stereocenters. The smallest absolute Gasteiger partial charge is 0.234 e. The lowest BCUT2D eigenvalue weighted by Crippen LogP contribution is -2.51. The van der Waals surface area contributed by atoms with Gasteiger partial charge in [0.05, 0.1) is 6.54 Å². The number of amides is 1. The Balaban J connectivity index is 1.35. The van der Waals surface area contributed by atoms with Gasteiger partial charge >= 0.3 is 0 Å². The number of hydrogen-bond donors (Lipinski definition) is 1. The normalized spacial score (nSPS) is 22.4. The van der Waals surface area contributed by atoms with Gasteiger partial charge < -0.3 is 10.2 Å². The van der Waals surface area contributed by atoms with Crippen LogP contribution in [0.15, 0.2) is 24.5 Å². The second-order valence-electron chi connectivity index (χ2n) is 9.12. The molecule has 2 fully saturated rings. The van der Waals surface area contributed by atoms with Gasteiger partial charge in [0.2, 0.25) is 5.91 Å². The molecule has 0 radical (unpaired) electrons. The SMILES string of the molecule is Cc1nc(-c2cccnc2)nc(N2CCN(CC(=O)NC3CCCC(C)C3)CC2)c1C. The average Bonchev–Trinajstić information content (AvgIpc) is 2.77. The topological polar surface area (TPSA) is 74.2 Å². The van der Waals surface area contributed by atoms with Crippen molar-refractivity contribution in [3.05, 3.63) is 35.8 Å². The minimum Gasteiger partial charge on any atom is -0.354 e. The zero-order valence-electron chi connectivity index (χ0n) is 19.0. The summed E-state index contributed by atoms with van der Waals surface area (Å²) in [6.07, 6.45) is 8.32. The minimum atomic E-state index is 0.167. The second kappa shape index (κ2) is 9.73. The molecule has 1 N–H and O–H groups in total. The summed E-state index contributed by atoms with van der Waals surface area (Å²) in [7, 11) is 0. The quantitative estimate of drug-likeness (QED) is 0.799. The zero-order chi connectivity index (χ0) is 21.8. The Bertz CT molecular complexity index is 894. The van der Waals surface area contributed by atoms with Crippen LogP contribution in [0.1, 0.15) is 43.9 Å². The van der Waals surface area contributed by atoms with Gasteiger partial charge in [-0.05, 0) is 44.7 Å². The first-order valence-corrected chi connectivity index (χ1v) is 11.5. The van der Waals surface area contributed by atoms with Crippen LogP contribution >= 0.6 is 0 Å². The van der Waals surface area contributed by atoms with Crippen molar-refractivity contribution >= 4 is 11.7 Å². The number of rotatable bonds is 5. The van der Waals surface area contributed by atoms with Gasteiger partial charge in [-0.3, -0.25) is 14.7 Å². The predicted octanol–water partition coefficient (Wildman–Crippen LogP) is 2.97. The van der Waals surface area contributed by atoms with Gasteiger partial charge in [-0.25, -0.2) is 9.97 Å². The summed E-state index contributed by atoms with van der Waals surface area (Å²) in [5.41, 5.74) is 3.04. The molecular formula is C24H34N6O. The van der Waals surface area contributed by atoms with Crippen LogP contribution in [0.5, 0.6) is 0 Å². The van der Waals surface area contributed by atoms with E-state index in [1.54, 1.807) is 12.4 Å². The van der Waals surface area contributed by atoms with Crippen molar-refractivity contribution in [1.82, 2.24) is 25.2 Å². The Hall–Kier alpha value is -2.54. The third-order valence-electron chi connectivity index (χ3n) is 6.62. The number of carbonyl (C=O) groups excluding carboxylic acids is 1. The summed E-state index contributed by atoms with van der Waals surface area (Å²) in [4.78, 5) is 30.9. The molecule has 0 spiro atoms. The highest BCUT2D eigenvalue weighted by atomic mass is 16.2. The number of hydrogen-bond acceptors (Lipinski definition) is 6. The third-order valence-corrected chi connectivity index (χ3v) is 6.62. The maximum atomic E-state index is 12.5. The van der Waals surface area contributed by atoms with E-state index in [-0.39, 0.29) is 5.91 Å². The number of anilines is 1. The van der Waals surface area contributed by atoms with Gasteiger partial charge in [-0.15, -0.1) is 0 Å². The monoisotopic (exact) mass is 422 g/mol. The summed E-state index contributed by atoms with van der Waals surface area (Å²) < 4.78 is 0. The van der Waals surface area contributed by atoms with Crippen LogP contribution in [-0.2, 0) is 4.79 Å². The molecule has 31 heavy (non-hydrogen) atoms. The van der Waals surface area contributed by atoms with Crippen LogP contribution in [0.3, 0.4) is 0 Å². The molecule has 2 atom stereocenters. The largest absolute Gasteiger partial charge is 0.354 e. The lowest BCUT2D eigenvalue weighted by Gasteiger charge is -2.36. The summed E-state index contributed by atoms with van der Waals surface area (Å²) in [5.74, 6) is 2.60. The molecule has 0 bridgehead atoms. The molecule has 7 nitrogen and oxygen atoms in total. The van der Waals surface area contributed by atoms with Crippen molar-refractivity contribution in [1.29, 1.82) is 0 Å². The highest BCUT2D eigenvalue weighted by Crippen LogP contribution is 2.25. The van der Waals surface area contributed by atoms with E-state index in [1.807, 2.05) is 19.1 Å². The summed E-state index contributed by atoms with van der Waals surface area (Å²) in [6.45, 7) is 10.3. The number of piperazine rings is 1. The fourth-order valence-electron chi connectivity index (χ4n) is 4.71. The van der Waals surface area contributed by atoms with Gasteiger partial charge in [-0.1, -0.05) is 19.8 Å². The number of aromatic nitrogens is 3. The van der Waals surface area contributed by atoms with E-state index < -0.39 is 0 Å². The second-order valence-corrected chi connectivity index (χ2v) is 9.12. The van der Waals surface area contributed by atoms with Crippen molar-refractivity contribution in [3.63, 3.8) is 0 Å². The molecular weight excluding hydrogens is 388 g/mol. The molecule has 4 rings (SSSR count). The van der Waals surface area contributed by atoms with E-state index in [1.165, 1.54) is 12.8 Å². The number of nitrogens with zero attached hydrogens (tertiary/aromatic N) is 5. The Morgan fingerprint density at radius 3 is 2.68 bits per heavy atom. The van der Waals surface area contributed by atoms with Gasteiger partial charge in [0.15, 0.2) is 5.82 Å². The summed E-state index contributed by atoms with van der Waals surface area (Å²) >= 11 is 0. The number of nitrogens with one attached hydrogen (secondary N) is 1. The Kier molecular flexibility index (Phi) is 6.80.